The lowest BCUT2D eigenvalue weighted by molar-refractivity contribution is -0.123. The fourth-order valence-corrected chi connectivity index (χ4v) is 3.08. The summed E-state index contributed by atoms with van der Waals surface area (Å²) in [4.78, 5) is 11.9. The standard InChI is InChI=1S/C20H22N2O3/c23-19(21-17-8-4-5-9-17)14-25-18-12-10-16(11-13-18)20(22-24)15-6-2-1-3-7-15/h1-3,6-7,10-13,17,24H,4-5,8-9,14H2,(H,21,23). The number of benzene rings is 2. The van der Waals surface area contributed by atoms with Crippen molar-refractivity contribution in [1.29, 1.82) is 0 Å². The average Bonchev–Trinajstić information content (AvgIpc) is 3.15. The fourth-order valence-electron chi connectivity index (χ4n) is 3.08. The van der Waals surface area contributed by atoms with Crippen LogP contribution in [0.25, 0.3) is 0 Å². The first kappa shape index (κ1) is 17.0. The molecule has 0 aromatic heterocycles. The molecular weight excluding hydrogens is 316 g/mol. The van der Waals surface area contributed by atoms with Crippen molar-refractivity contribution in [1.82, 2.24) is 5.32 Å². The number of carbonyl (C=O) groups excluding carboxylic acids is 1. The van der Waals surface area contributed by atoms with Crippen molar-refractivity contribution in [3.05, 3.63) is 65.7 Å². The summed E-state index contributed by atoms with van der Waals surface area (Å²) < 4.78 is 5.54. The van der Waals surface area contributed by atoms with E-state index in [0.717, 1.165) is 24.0 Å². The third kappa shape index (κ3) is 4.59. The molecule has 1 saturated carbocycles. The number of carbonyl (C=O) groups is 1. The number of hydrogen-bond donors (Lipinski definition) is 2. The molecule has 25 heavy (non-hydrogen) atoms. The van der Waals surface area contributed by atoms with E-state index >= 15 is 0 Å². The number of ether oxygens (including phenoxy) is 1. The van der Waals surface area contributed by atoms with Gasteiger partial charge in [0.15, 0.2) is 6.61 Å². The summed E-state index contributed by atoms with van der Waals surface area (Å²) in [6.45, 7) is 0.00940. The quantitative estimate of drug-likeness (QED) is 0.482. The normalized spacial score (nSPS) is 15.1. The van der Waals surface area contributed by atoms with E-state index in [-0.39, 0.29) is 12.5 Å². The van der Waals surface area contributed by atoms with Crippen LogP contribution in [0, 0.1) is 0 Å². The molecule has 130 valence electrons. The van der Waals surface area contributed by atoms with Gasteiger partial charge >= 0.3 is 0 Å². The summed E-state index contributed by atoms with van der Waals surface area (Å²) in [7, 11) is 0. The summed E-state index contributed by atoms with van der Waals surface area (Å²) in [5.41, 5.74) is 2.09. The number of oxime groups is 1. The van der Waals surface area contributed by atoms with Crippen molar-refractivity contribution in [2.45, 2.75) is 31.7 Å². The van der Waals surface area contributed by atoms with Crippen LogP contribution < -0.4 is 10.1 Å². The van der Waals surface area contributed by atoms with E-state index in [1.807, 2.05) is 42.5 Å². The minimum absolute atomic E-state index is 0.00940. The Bertz CT molecular complexity index is 720. The van der Waals surface area contributed by atoms with Crippen LogP contribution in [-0.2, 0) is 4.79 Å². The lowest BCUT2D eigenvalue weighted by Gasteiger charge is -2.12. The maximum absolute atomic E-state index is 11.9. The molecule has 0 atom stereocenters. The zero-order valence-electron chi connectivity index (χ0n) is 14.0. The van der Waals surface area contributed by atoms with Gasteiger partial charge in [0.2, 0.25) is 0 Å². The van der Waals surface area contributed by atoms with Crippen LogP contribution in [-0.4, -0.2) is 29.5 Å². The Morgan fingerprint density at radius 1 is 1.04 bits per heavy atom. The third-order valence-electron chi connectivity index (χ3n) is 4.37. The van der Waals surface area contributed by atoms with Gasteiger partial charge in [-0.25, -0.2) is 0 Å². The molecular formula is C20H22N2O3. The van der Waals surface area contributed by atoms with Crippen molar-refractivity contribution in [2.75, 3.05) is 6.61 Å². The maximum Gasteiger partial charge on any atom is 0.258 e. The molecule has 0 aliphatic heterocycles. The van der Waals surface area contributed by atoms with Crippen molar-refractivity contribution < 1.29 is 14.7 Å². The number of rotatable bonds is 6. The molecule has 1 fully saturated rings. The number of nitrogens with zero attached hydrogens (tertiary/aromatic N) is 1. The molecule has 1 amide bonds. The molecule has 0 unspecified atom stereocenters. The van der Waals surface area contributed by atoms with Gasteiger partial charge in [0, 0.05) is 17.2 Å². The minimum Gasteiger partial charge on any atom is -0.484 e. The Morgan fingerprint density at radius 2 is 1.68 bits per heavy atom. The highest BCUT2D eigenvalue weighted by atomic mass is 16.5. The molecule has 0 radical (unpaired) electrons. The monoisotopic (exact) mass is 338 g/mol. The molecule has 3 rings (SSSR count). The van der Waals surface area contributed by atoms with Gasteiger partial charge < -0.3 is 15.3 Å². The van der Waals surface area contributed by atoms with E-state index < -0.39 is 0 Å². The van der Waals surface area contributed by atoms with E-state index in [0.29, 0.717) is 17.5 Å². The van der Waals surface area contributed by atoms with Crippen molar-refractivity contribution >= 4 is 11.6 Å². The van der Waals surface area contributed by atoms with Crippen LogP contribution in [0.3, 0.4) is 0 Å². The largest absolute Gasteiger partial charge is 0.484 e. The number of hydrogen-bond acceptors (Lipinski definition) is 4. The molecule has 0 spiro atoms. The number of amides is 1. The van der Waals surface area contributed by atoms with Gasteiger partial charge in [-0.05, 0) is 37.1 Å². The first-order valence-corrected chi connectivity index (χ1v) is 8.56. The molecule has 0 heterocycles. The van der Waals surface area contributed by atoms with Gasteiger partial charge in [-0.2, -0.15) is 0 Å². The van der Waals surface area contributed by atoms with Crippen LogP contribution in [0.15, 0.2) is 59.8 Å². The van der Waals surface area contributed by atoms with E-state index in [9.17, 15) is 10.0 Å². The van der Waals surface area contributed by atoms with E-state index in [1.165, 1.54) is 12.8 Å². The van der Waals surface area contributed by atoms with Crippen LogP contribution in [0.1, 0.15) is 36.8 Å². The molecule has 1 aliphatic rings. The SMILES string of the molecule is O=C(COc1ccc(C(=NO)c2ccccc2)cc1)NC1CCCC1. The average molecular weight is 338 g/mol. The zero-order chi connectivity index (χ0) is 17.5. The van der Waals surface area contributed by atoms with E-state index in [4.69, 9.17) is 4.74 Å². The first-order valence-electron chi connectivity index (χ1n) is 8.56. The minimum atomic E-state index is -0.0853. The highest BCUT2D eigenvalue weighted by Gasteiger charge is 2.17. The van der Waals surface area contributed by atoms with E-state index in [1.54, 1.807) is 12.1 Å². The fraction of sp³-hybridized carbons (Fsp3) is 0.300. The molecule has 2 aromatic rings. The lowest BCUT2D eigenvalue weighted by Crippen LogP contribution is -2.36. The second-order valence-electron chi connectivity index (χ2n) is 6.18. The topological polar surface area (TPSA) is 70.9 Å². The molecule has 0 saturated heterocycles. The Morgan fingerprint density at radius 3 is 2.32 bits per heavy atom. The van der Waals surface area contributed by atoms with Crippen LogP contribution >= 0.6 is 0 Å². The molecule has 0 bridgehead atoms. The Hall–Kier alpha value is -2.82. The van der Waals surface area contributed by atoms with Crippen LogP contribution in [0.5, 0.6) is 5.75 Å². The Labute approximate surface area is 147 Å². The highest BCUT2D eigenvalue weighted by Crippen LogP contribution is 2.18. The summed E-state index contributed by atoms with van der Waals surface area (Å²) in [5, 5.41) is 15.7. The van der Waals surface area contributed by atoms with Gasteiger partial charge in [0.1, 0.15) is 11.5 Å². The lowest BCUT2D eigenvalue weighted by atomic mass is 10.0. The summed E-state index contributed by atoms with van der Waals surface area (Å²) >= 11 is 0. The van der Waals surface area contributed by atoms with Crippen molar-refractivity contribution in [3.8, 4) is 5.75 Å². The molecule has 2 aromatic carbocycles. The number of nitrogens with one attached hydrogen (secondary N) is 1. The second kappa shape index (κ2) is 8.33. The highest BCUT2D eigenvalue weighted by molar-refractivity contribution is 6.12. The zero-order valence-corrected chi connectivity index (χ0v) is 14.0. The van der Waals surface area contributed by atoms with Crippen molar-refractivity contribution in [3.63, 3.8) is 0 Å². The Balaban J connectivity index is 1.57. The first-order chi connectivity index (χ1) is 12.3. The molecule has 5 heteroatoms. The van der Waals surface area contributed by atoms with Gasteiger partial charge in [-0.3, -0.25) is 4.79 Å². The van der Waals surface area contributed by atoms with Crippen LogP contribution in [0.4, 0.5) is 0 Å². The van der Waals surface area contributed by atoms with Gasteiger partial charge in [0.05, 0.1) is 0 Å². The van der Waals surface area contributed by atoms with Crippen LogP contribution in [0.2, 0.25) is 0 Å². The predicted molar refractivity (Wildman–Crippen MR) is 96.2 cm³/mol. The molecule has 2 N–H and O–H groups in total. The summed E-state index contributed by atoms with van der Waals surface area (Å²) in [6, 6.07) is 16.9. The second-order valence-corrected chi connectivity index (χ2v) is 6.18. The van der Waals surface area contributed by atoms with Crippen molar-refractivity contribution in [2.24, 2.45) is 5.16 Å². The molecule has 1 aliphatic carbocycles. The van der Waals surface area contributed by atoms with Gasteiger partial charge in [-0.15, -0.1) is 0 Å². The summed E-state index contributed by atoms with van der Waals surface area (Å²) in [5.74, 6) is 0.522. The van der Waals surface area contributed by atoms with Gasteiger partial charge in [0.25, 0.3) is 5.91 Å². The van der Waals surface area contributed by atoms with E-state index in [2.05, 4.69) is 10.5 Å². The third-order valence-corrected chi connectivity index (χ3v) is 4.37. The smallest absolute Gasteiger partial charge is 0.258 e. The Kier molecular flexibility index (Phi) is 5.67. The van der Waals surface area contributed by atoms with Gasteiger partial charge in [-0.1, -0.05) is 48.3 Å². The summed E-state index contributed by atoms with van der Waals surface area (Å²) in [6.07, 6.45) is 4.49. The molecule has 5 nitrogen and oxygen atoms in total. The maximum atomic E-state index is 11.9. The predicted octanol–water partition coefficient (Wildman–Crippen LogP) is 3.35.